The van der Waals surface area contributed by atoms with Crippen molar-refractivity contribution in [3.63, 3.8) is 0 Å². The smallest absolute Gasteiger partial charge is 0.334 e. The van der Waals surface area contributed by atoms with Crippen molar-refractivity contribution in [2.45, 2.75) is 38.3 Å². The molecule has 110 valence electrons. The summed E-state index contributed by atoms with van der Waals surface area (Å²) in [7, 11) is 0. The van der Waals surface area contributed by atoms with Gasteiger partial charge in [0.1, 0.15) is 5.82 Å². The molecule has 0 aliphatic heterocycles. The summed E-state index contributed by atoms with van der Waals surface area (Å²) in [5.74, 6) is -4.04. The monoisotopic (exact) mass is 289 g/mol. The highest BCUT2D eigenvalue weighted by Gasteiger charge is 2.60. The molecule has 0 fully saturated rings. The zero-order valence-corrected chi connectivity index (χ0v) is 9.96. The summed E-state index contributed by atoms with van der Waals surface area (Å²) in [5, 5.41) is 0. The van der Waals surface area contributed by atoms with Gasteiger partial charge in [-0.15, -0.1) is 0 Å². The third kappa shape index (κ3) is 3.62. The van der Waals surface area contributed by atoms with Gasteiger partial charge in [0.25, 0.3) is 0 Å². The maximum Gasteiger partial charge on any atom is 0.402 e. The Morgan fingerprint density at radius 2 is 1.74 bits per heavy atom. The lowest BCUT2D eigenvalue weighted by Gasteiger charge is -2.28. The second kappa shape index (κ2) is 5.40. The Balaban J connectivity index is 3.13. The minimum Gasteiger partial charge on any atom is -0.334 e. The quantitative estimate of drug-likeness (QED) is 0.866. The van der Waals surface area contributed by atoms with E-state index in [4.69, 9.17) is 5.73 Å². The number of aryl methyl sites for hydroxylation is 1. The van der Waals surface area contributed by atoms with E-state index in [2.05, 4.69) is 4.98 Å². The summed E-state index contributed by atoms with van der Waals surface area (Å²) in [6.45, 7) is 1.99. The van der Waals surface area contributed by atoms with E-state index >= 15 is 0 Å². The molecule has 1 aromatic heterocycles. The number of aromatic nitrogens is 2. The van der Waals surface area contributed by atoms with Crippen molar-refractivity contribution < 1.29 is 26.3 Å². The van der Waals surface area contributed by atoms with Gasteiger partial charge in [0.2, 0.25) is 0 Å². The fourth-order valence-corrected chi connectivity index (χ4v) is 1.79. The van der Waals surface area contributed by atoms with E-state index < -0.39 is 30.1 Å². The molecule has 0 aliphatic rings. The van der Waals surface area contributed by atoms with Crippen LogP contribution in [0.5, 0.6) is 0 Å². The highest BCUT2D eigenvalue weighted by molar-refractivity contribution is 5.03. The van der Waals surface area contributed by atoms with E-state index in [9.17, 15) is 26.3 Å². The topological polar surface area (TPSA) is 43.8 Å². The molecule has 0 saturated carbocycles. The molecule has 2 N–H and O–H groups in total. The molecular formula is C10H13F6N3. The van der Waals surface area contributed by atoms with Gasteiger partial charge < -0.3 is 10.3 Å². The number of alkyl halides is 6. The lowest BCUT2D eigenvalue weighted by Crippen LogP contribution is -2.44. The van der Waals surface area contributed by atoms with Gasteiger partial charge in [-0.2, -0.15) is 26.3 Å². The second-order valence-corrected chi connectivity index (χ2v) is 4.07. The summed E-state index contributed by atoms with van der Waals surface area (Å²) < 4.78 is 76.4. The number of hydrogen-bond donors (Lipinski definition) is 1. The lowest BCUT2D eigenvalue weighted by molar-refractivity contribution is -0.291. The molecule has 1 heterocycles. The fraction of sp³-hybridized carbons (Fsp3) is 0.700. The predicted molar refractivity (Wildman–Crippen MR) is 55.0 cm³/mol. The number of nitrogens with zero attached hydrogens (tertiary/aromatic N) is 2. The number of halogens is 6. The fourth-order valence-electron chi connectivity index (χ4n) is 1.79. The van der Waals surface area contributed by atoms with Crippen LogP contribution < -0.4 is 5.73 Å². The second-order valence-electron chi connectivity index (χ2n) is 4.07. The third-order valence-electron chi connectivity index (χ3n) is 2.57. The van der Waals surface area contributed by atoms with Crippen LogP contribution in [0.15, 0.2) is 12.4 Å². The van der Waals surface area contributed by atoms with Crippen LogP contribution in [0.25, 0.3) is 0 Å². The Bertz CT molecular complexity index is 394. The summed E-state index contributed by atoms with van der Waals surface area (Å²) in [6, 6.07) is -2.28. The minimum absolute atomic E-state index is 0.255. The molecule has 0 spiro atoms. The maximum absolute atomic E-state index is 12.5. The number of rotatable bonds is 4. The highest BCUT2D eigenvalue weighted by atomic mass is 19.4. The van der Waals surface area contributed by atoms with Crippen molar-refractivity contribution in [1.29, 1.82) is 0 Å². The summed E-state index contributed by atoms with van der Waals surface area (Å²) in [6.07, 6.45) is -7.96. The van der Waals surface area contributed by atoms with Gasteiger partial charge in [-0.1, -0.05) is 6.92 Å². The van der Waals surface area contributed by atoms with Crippen LogP contribution in [0.1, 0.15) is 25.2 Å². The highest BCUT2D eigenvalue weighted by Crippen LogP contribution is 2.45. The van der Waals surface area contributed by atoms with Gasteiger partial charge in [-0.3, -0.25) is 0 Å². The Morgan fingerprint density at radius 3 is 2.16 bits per heavy atom. The third-order valence-corrected chi connectivity index (χ3v) is 2.57. The normalized spacial score (nSPS) is 15.0. The van der Waals surface area contributed by atoms with Crippen LogP contribution in [0.3, 0.4) is 0 Å². The zero-order valence-electron chi connectivity index (χ0n) is 9.96. The van der Waals surface area contributed by atoms with Crippen molar-refractivity contribution >= 4 is 0 Å². The van der Waals surface area contributed by atoms with Gasteiger partial charge >= 0.3 is 12.4 Å². The number of imidazole rings is 1. The SMILES string of the molecule is CCCn1ccnc1C(N)C(C(F)(F)F)C(F)(F)F. The van der Waals surface area contributed by atoms with Crippen LogP contribution in [-0.2, 0) is 6.54 Å². The van der Waals surface area contributed by atoms with E-state index in [1.54, 1.807) is 6.92 Å². The summed E-state index contributed by atoms with van der Waals surface area (Å²) in [4.78, 5) is 3.52. The molecule has 1 rings (SSSR count). The summed E-state index contributed by atoms with van der Waals surface area (Å²) >= 11 is 0. The number of hydrogen-bond acceptors (Lipinski definition) is 2. The van der Waals surface area contributed by atoms with Crippen LogP contribution >= 0.6 is 0 Å². The van der Waals surface area contributed by atoms with Gasteiger partial charge in [0.15, 0.2) is 5.92 Å². The molecule has 0 bridgehead atoms. The standard InChI is InChI=1S/C10H13F6N3/c1-2-4-19-5-3-18-8(19)6(17)7(9(11,12)13)10(14,15)16/h3,5-7H,2,4,17H2,1H3. The summed E-state index contributed by atoms with van der Waals surface area (Å²) in [5.41, 5.74) is 5.16. The first-order chi connectivity index (χ1) is 8.59. The Kier molecular flexibility index (Phi) is 4.49. The van der Waals surface area contributed by atoms with Crippen molar-refractivity contribution in [2.24, 2.45) is 11.7 Å². The van der Waals surface area contributed by atoms with E-state index in [0.29, 0.717) is 6.42 Å². The van der Waals surface area contributed by atoms with Crippen LogP contribution in [0.2, 0.25) is 0 Å². The number of nitrogens with two attached hydrogens (primary N) is 1. The molecule has 3 nitrogen and oxygen atoms in total. The first kappa shape index (κ1) is 15.8. The Labute approximate surface area is 105 Å². The Hall–Kier alpha value is -1.25. The van der Waals surface area contributed by atoms with Crippen LogP contribution in [-0.4, -0.2) is 21.9 Å². The van der Waals surface area contributed by atoms with Crippen molar-refractivity contribution in [2.75, 3.05) is 0 Å². The van der Waals surface area contributed by atoms with Gasteiger partial charge in [-0.05, 0) is 6.42 Å². The first-order valence-corrected chi connectivity index (χ1v) is 5.49. The largest absolute Gasteiger partial charge is 0.402 e. The first-order valence-electron chi connectivity index (χ1n) is 5.49. The maximum atomic E-state index is 12.5. The minimum atomic E-state index is -5.47. The van der Waals surface area contributed by atoms with Crippen LogP contribution in [0, 0.1) is 5.92 Å². The lowest BCUT2D eigenvalue weighted by atomic mass is 9.98. The van der Waals surface area contributed by atoms with Crippen molar-refractivity contribution in [3.8, 4) is 0 Å². The van der Waals surface area contributed by atoms with E-state index in [1.807, 2.05) is 0 Å². The molecule has 9 heteroatoms. The van der Waals surface area contributed by atoms with Crippen LogP contribution in [0.4, 0.5) is 26.3 Å². The van der Waals surface area contributed by atoms with E-state index in [-0.39, 0.29) is 6.54 Å². The predicted octanol–water partition coefficient (Wildman–Crippen LogP) is 3.03. The van der Waals surface area contributed by atoms with Gasteiger partial charge in [-0.25, -0.2) is 4.98 Å². The molecule has 0 saturated heterocycles. The average Bonchev–Trinajstić information content (AvgIpc) is 2.61. The molecule has 0 aromatic carbocycles. The molecule has 0 aliphatic carbocycles. The molecule has 0 radical (unpaired) electrons. The average molecular weight is 289 g/mol. The Morgan fingerprint density at radius 1 is 1.21 bits per heavy atom. The van der Waals surface area contributed by atoms with E-state index in [0.717, 1.165) is 6.20 Å². The van der Waals surface area contributed by atoms with E-state index in [1.165, 1.54) is 10.8 Å². The molecule has 19 heavy (non-hydrogen) atoms. The molecule has 1 unspecified atom stereocenters. The van der Waals surface area contributed by atoms with Gasteiger partial charge in [0.05, 0.1) is 6.04 Å². The molecule has 1 aromatic rings. The molecule has 0 amide bonds. The molecular weight excluding hydrogens is 276 g/mol. The molecule has 1 atom stereocenters. The van der Waals surface area contributed by atoms with Crippen molar-refractivity contribution in [1.82, 2.24) is 9.55 Å². The van der Waals surface area contributed by atoms with Gasteiger partial charge in [0, 0.05) is 18.9 Å². The zero-order chi connectivity index (χ0) is 14.8. The van der Waals surface area contributed by atoms with Crippen molar-refractivity contribution in [3.05, 3.63) is 18.2 Å².